The van der Waals surface area contributed by atoms with Crippen LogP contribution in [0.1, 0.15) is 18.1 Å². The second-order valence-corrected chi connectivity index (χ2v) is 3.48. The minimum absolute atomic E-state index is 0.380. The van der Waals surface area contributed by atoms with Crippen molar-refractivity contribution in [1.82, 2.24) is 0 Å². The highest BCUT2D eigenvalue weighted by atomic mass is 16.5. The Morgan fingerprint density at radius 3 is 3.00 bits per heavy atom. The molecule has 1 aromatic carbocycles. The van der Waals surface area contributed by atoms with Crippen molar-refractivity contribution in [1.29, 1.82) is 0 Å². The summed E-state index contributed by atoms with van der Waals surface area (Å²) < 4.78 is 4.69. The second kappa shape index (κ2) is 3.90. The summed E-state index contributed by atoms with van der Waals surface area (Å²) in [5.74, 6) is 0. The van der Waals surface area contributed by atoms with Crippen molar-refractivity contribution in [2.24, 2.45) is 0 Å². The second-order valence-electron chi connectivity index (χ2n) is 3.48. The summed E-state index contributed by atoms with van der Waals surface area (Å²) in [6, 6.07) is 7.33. The molecule has 0 aromatic heterocycles. The largest absolute Gasteiger partial charge is 0.452 e. The number of aliphatic hydroxyl groups is 1. The zero-order valence-electron chi connectivity index (χ0n) is 8.51. The van der Waals surface area contributed by atoms with E-state index in [1.54, 1.807) is 4.90 Å². The molecule has 1 aromatic rings. The molecule has 0 aliphatic carbocycles. The molecule has 2 rings (SSSR count). The molecule has 15 heavy (non-hydrogen) atoms. The topological polar surface area (TPSA) is 49.8 Å². The number of para-hydroxylation sites is 1. The zero-order valence-corrected chi connectivity index (χ0v) is 8.51. The maximum Gasteiger partial charge on any atom is 0.414 e. The Balaban J connectivity index is 2.40. The Labute approximate surface area is 88.1 Å². The fourth-order valence-electron chi connectivity index (χ4n) is 1.84. The Kier molecular flexibility index (Phi) is 2.60. The molecule has 1 atom stereocenters. The van der Waals surface area contributed by atoms with Crippen LogP contribution in [0, 0.1) is 0 Å². The molecule has 80 valence electrons. The molecule has 0 radical (unpaired) electrons. The van der Waals surface area contributed by atoms with E-state index in [2.05, 4.69) is 4.74 Å². The highest BCUT2D eigenvalue weighted by molar-refractivity contribution is 5.89. The minimum atomic E-state index is -0.484. The molecule has 1 unspecified atom stereocenters. The Hall–Kier alpha value is -1.55. The first kappa shape index (κ1) is 9.98. The molecule has 0 spiro atoms. The summed E-state index contributed by atoms with van der Waals surface area (Å²) in [4.78, 5) is 13.0. The first-order valence-electron chi connectivity index (χ1n) is 4.86. The summed E-state index contributed by atoms with van der Waals surface area (Å²) in [6.45, 7) is 0.491. The van der Waals surface area contributed by atoms with E-state index < -0.39 is 6.10 Å². The predicted octanol–water partition coefficient (Wildman–Crippen LogP) is 1.70. The number of rotatable bonds is 0. The van der Waals surface area contributed by atoms with E-state index in [1.165, 1.54) is 7.11 Å². The number of methoxy groups -OCH3 is 1. The Morgan fingerprint density at radius 1 is 1.53 bits per heavy atom. The molecule has 4 heteroatoms. The number of hydrogen-bond acceptors (Lipinski definition) is 3. The molecule has 1 heterocycles. The molecule has 1 aliphatic heterocycles. The molecule has 0 saturated carbocycles. The van der Waals surface area contributed by atoms with Crippen molar-refractivity contribution >= 4 is 11.8 Å². The molecular weight excluding hydrogens is 194 g/mol. The lowest BCUT2D eigenvalue weighted by molar-refractivity contribution is 0.154. The highest BCUT2D eigenvalue weighted by Gasteiger charge is 2.27. The molecular formula is C11H13NO3. The Morgan fingerprint density at radius 2 is 2.27 bits per heavy atom. The lowest BCUT2D eigenvalue weighted by atomic mass is 9.99. The molecule has 0 saturated heterocycles. The molecule has 0 bridgehead atoms. The van der Waals surface area contributed by atoms with Gasteiger partial charge in [-0.25, -0.2) is 4.79 Å². The lowest BCUT2D eigenvalue weighted by Gasteiger charge is -2.30. The van der Waals surface area contributed by atoms with Gasteiger partial charge in [0.25, 0.3) is 0 Å². The van der Waals surface area contributed by atoms with Gasteiger partial charge in [-0.2, -0.15) is 0 Å². The Bertz CT molecular complexity index is 378. The lowest BCUT2D eigenvalue weighted by Crippen LogP contribution is -2.36. The van der Waals surface area contributed by atoms with E-state index in [0.29, 0.717) is 13.0 Å². The van der Waals surface area contributed by atoms with Crippen LogP contribution in [0.15, 0.2) is 24.3 Å². The average Bonchev–Trinajstić information content (AvgIpc) is 2.29. The molecule has 1 N–H and O–H groups in total. The first-order valence-corrected chi connectivity index (χ1v) is 4.86. The van der Waals surface area contributed by atoms with Crippen LogP contribution in [0.3, 0.4) is 0 Å². The van der Waals surface area contributed by atoms with Crippen LogP contribution in [0.5, 0.6) is 0 Å². The number of benzene rings is 1. The van der Waals surface area contributed by atoms with Crippen LogP contribution in [0.4, 0.5) is 10.5 Å². The van der Waals surface area contributed by atoms with Gasteiger partial charge in [0.15, 0.2) is 0 Å². The number of hydrogen-bond donors (Lipinski definition) is 1. The molecule has 1 aliphatic rings. The summed E-state index contributed by atoms with van der Waals surface area (Å²) in [7, 11) is 1.36. The van der Waals surface area contributed by atoms with Crippen LogP contribution in [0.2, 0.25) is 0 Å². The number of carbonyl (C=O) groups is 1. The van der Waals surface area contributed by atoms with Crippen molar-refractivity contribution in [2.75, 3.05) is 18.6 Å². The van der Waals surface area contributed by atoms with E-state index in [1.807, 2.05) is 24.3 Å². The quantitative estimate of drug-likeness (QED) is 0.704. The van der Waals surface area contributed by atoms with E-state index in [-0.39, 0.29) is 6.09 Å². The van der Waals surface area contributed by atoms with Gasteiger partial charge in [-0.15, -0.1) is 0 Å². The third-order valence-corrected chi connectivity index (χ3v) is 2.61. The number of fused-ring (bicyclic) bond motifs is 1. The molecule has 4 nitrogen and oxygen atoms in total. The van der Waals surface area contributed by atoms with Crippen LogP contribution in [-0.2, 0) is 4.74 Å². The predicted molar refractivity (Wildman–Crippen MR) is 55.8 cm³/mol. The SMILES string of the molecule is COC(=O)N1CCC(O)c2ccccc21. The fraction of sp³-hybridized carbons (Fsp3) is 0.364. The summed E-state index contributed by atoms with van der Waals surface area (Å²) in [5.41, 5.74) is 1.53. The number of nitrogens with zero attached hydrogens (tertiary/aromatic N) is 1. The smallest absolute Gasteiger partial charge is 0.414 e. The van der Waals surface area contributed by atoms with Gasteiger partial charge in [-0.05, 0) is 12.5 Å². The minimum Gasteiger partial charge on any atom is -0.452 e. The van der Waals surface area contributed by atoms with Crippen molar-refractivity contribution in [3.63, 3.8) is 0 Å². The zero-order chi connectivity index (χ0) is 10.8. The molecule has 0 fully saturated rings. The van der Waals surface area contributed by atoms with Crippen molar-refractivity contribution in [2.45, 2.75) is 12.5 Å². The number of carbonyl (C=O) groups excluding carboxylic acids is 1. The summed E-state index contributed by atoms with van der Waals surface area (Å²) in [6.07, 6.45) is -0.317. The van der Waals surface area contributed by atoms with E-state index in [9.17, 15) is 9.90 Å². The van der Waals surface area contributed by atoms with E-state index in [4.69, 9.17) is 0 Å². The van der Waals surface area contributed by atoms with Gasteiger partial charge in [0.1, 0.15) is 0 Å². The maximum atomic E-state index is 11.5. The fourth-order valence-corrected chi connectivity index (χ4v) is 1.84. The van der Waals surface area contributed by atoms with Gasteiger partial charge in [-0.1, -0.05) is 18.2 Å². The van der Waals surface area contributed by atoms with Gasteiger partial charge in [0.05, 0.1) is 18.9 Å². The van der Waals surface area contributed by atoms with Crippen molar-refractivity contribution < 1.29 is 14.6 Å². The standard InChI is InChI=1S/C11H13NO3/c1-15-11(14)12-7-6-10(13)8-4-2-3-5-9(8)12/h2-5,10,13H,6-7H2,1H3. The normalized spacial score (nSPS) is 19.6. The summed E-state index contributed by atoms with van der Waals surface area (Å²) >= 11 is 0. The van der Waals surface area contributed by atoms with Crippen LogP contribution in [0.25, 0.3) is 0 Å². The van der Waals surface area contributed by atoms with Crippen LogP contribution < -0.4 is 4.90 Å². The number of anilines is 1. The van der Waals surface area contributed by atoms with Gasteiger partial charge in [0, 0.05) is 12.1 Å². The highest BCUT2D eigenvalue weighted by Crippen LogP contribution is 2.33. The van der Waals surface area contributed by atoms with Gasteiger partial charge in [0.2, 0.25) is 0 Å². The number of ether oxygens (including phenoxy) is 1. The third-order valence-electron chi connectivity index (χ3n) is 2.61. The average molecular weight is 207 g/mol. The van der Waals surface area contributed by atoms with Gasteiger partial charge >= 0.3 is 6.09 Å². The number of amides is 1. The van der Waals surface area contributed by atoms with E-state index in [0.717, 1.165) is 11.3 Å². The van der Waals surface area contributed by atoms with Crippen molar-refractivity contribution in [3.05, 3.63) is 29.8 Å². The number of aliphatic hydroxyl groups excluding tert-OH is 1. The monoisotopic (exact) mass is 207 g/mol. The van der Waals surface area contributed by atoms with Crippen LogP contribution >= 0.6 is 0 Å². The van der Waals surface area contributed by atoms with Gasteiger partial charge < -0.3 is 9.84 Å². The van der Waals surface area contributed by atoms with Crippen LogP contribution in [-0.4, -0.2) is 24.9 Å². The third kappa shape index (κ3) is 1.68. The molecule has 1 amide bonds. The summed E-state index contributed by atoms with van der Waals surface area (Å²) in [5, 5.41) is 9.75. The van der Waals surface area contributed by atoms with Crippen molar-refractivity contribution in [3.8, 4) is 0 Å². The van der Waals surface area contributed by atoms with Gasteiger partial charge in [-0.3, -0.25) is 4.90 Å². The maximum absolute atomic E-state index is 11.5. The first-order chi connectivity index (χ1) is 7.24. The van der Waals surface area contributed by atoms with E-state index >= 15 is 0 Å².